The van der Waals surface area contributed by atoms with Gasteiger partial charge in [0.05, 0.1) is 23.2 Å². The number of non-ortho nitro benzene ring substituents is 1. The smallest absolute Gasteiger partial charge is 0.269 e. The molecule has 2 aromatic carbocycles. The number of rotatable bonds is 6. The molecule has 128 valence electrons. The van der Waals surface area contributed by atoms with Crippen molar-refractivity contribution in [2.45, 2.75) is 0 Å². The summed E-state index contributed by atoms with van der Waals surface area (Å²) in [6, 6.07) is 12.5. The summed E-state index contributed by atoms with van der Waals surface area (Å²) in [6.45, 7) is -0.238. The zero-order valence-corrected chi connectivity index (χ0v) is 14.4. The molecule has 0 fully saturated rings. The Labute approximate surface area is 151 Å². The molecular formula is C16H13BrN4O4. The monoisotopic (exact) mass is 404 g/mol. The first-order valence-electron chi connectivity index (χ1n) is 7.06. The first-order chi connectivity index (χ1) is 12.0. The molecule has 0 radical (unpaired) electrons. The molecule has 0 atom stereocenters. The van der Waals surface area contributed by atoms with E-state index in [9.17, 15) is 19.7 Å². The lowest BCUT2D eigenvalue weighted by atomic mass is 10.2. The molecule has 9 heteroatoms. The molecule has 2 N–H and O–H groups in total. The van der Waals surface area contributed by atoms with Gasteiger partial charge >= 0.3 is 0 Å². The SMILES string of the molecule is O=C(CNC(=O)c1ccccc1Br)N/N=C/c1ccc([N+](=O)[O-])cc1. The first-order valence-corrected chi connectivity index (χ1v) is 7.86. The number of nitrogens with zero attached hydrogens (tertiary/aromatic N) is 2. The van der Waals surface area contributed by atoms with E-state index in [0.717, 1.165) is 0 Å². The van der Waals surface area contributed by atoms with Crippen molar-refractivity contribution in [3.63, 3.8) is 0 Å². The van der Waals surface area contributed by atoms with Gasteiger partial charge in [-0.1, -0.05) is 12.1 Å². The number of hydrogen-bond acceptors (Lipinski definition) is 5. The number of nitrogens with one attached hydrogen (secondary N) is 2. The van der Waals surface area contributed by atoms with Gasteiger partial charge in [-0.05, 0) is 45.8 Å². The van der Waals surface area contributed by atoms with Gasteiger partial charge in [-0.2, -0.15) is 5.10 Å². The van der Waals surface area contributed by atoms with E-state index in [1.807, 2.05) is 0 Å². The number of hydrogen-bond donors (Lipinski definition) is 2. The highest BCUT2D eigenvalue weighted by Crippen LogP contribution is 2.15. The summed E-state index contributed by atoms with van der Waals surface area (Å²) in [5, 5.41) is 16.8. The van der Waals surface area contributed by atoms with Crippen LogP contribution < -0.4 is 10.7 Å². The Kier molecular flexibility index (Phi) is 6.35. The second kappa shape index (κ2) is 8.69. The van der Waals surface area contributed by atoms with Gasteiger partial charge in [-0.3, -0.25) is 19.7 Å². The van der Waals surface area contributed by atoms with Crippen LogP contribution in [0.25, 0.3) is 0 Å². The standard InChI is InChI=1S/C16H13BrN4O4/c17-14-4-2-1-3-13(14)16(23)18-10-15(22)20-19-9-11-5-7-12(8-6-11)21(24)25/h1-9H,10H2,(H,18,23)(H,20,22)/b19-9+. The third-order valence-corrected chi connectivity index (χ3v) is 3.73. The zero-order valence-electron chi connectivity index (χ0n) is 12.8. The normalized spacial score (nSPS) is 10.4. The Balaban J connectivity index is 1.81. The van der Waals surface area contributed by atoms with Crippen molar-refractivity contribution >= 4 is 39.6 Å². The molecule has 2 amide bonds. The molecule has 2 rings (SSSR count). The molecule has 2 aromatic rings. The highest BCUT2D eigenvalue weighted by molar-refractivity contribution is 9.10. The van der Waals surface area contributed by atoms with Crippen molar-refractivity contribution in [3.05, 3.63) is 74.2 Å². The maximum Gasteiger partial charge on any atom is 0.269 e. The lowest BCUT2D eigenvalue weighted by Crippen LogP contribution is -2.35. The minimum absolute atomic E-state index is 0.0315. The third kappa shape index (κ3) is 5.50. The summed E-state index contributed by atoms with van der Waals surface area (Å²) in [4.78, 5) is 33.6. The highest BCUT2D eigenvalue weighted by Gasteiger charge is 2.10. The quantitative estimate of drug-likeness (QED) is 0.436. The molecule has 0 bridgehead atoms. The molecule has 0 unspecified atom stereocenters. The van der Waals surface area contributed by atoms with E-state index in [4.69, 9.17) is 0 Å². The summed E-state index contributed by atoms with van der Waals surface area (Å²) in [6.07, 6.45) is 1.34. The van der Waals surface area contributed by atoms with Crippen LogP contribution in [-0.4, -0.2) is 29.5 Å². The van der Waals surface area contributed by atoms with E-state index in [1.54, 1.807) is 24.3 Å². The van der Waals surface area contributed by atoms with Crippen molar-refractivity contribution in [1.82, 2.24) is 10.7 Å². The van der Waals surface area contributed by atoms with Crippen LogP contribution in [0.5, 0.6) is 0 Å². The van der Waals surface area contributed by atoms with Gasteiger partial charge in [-0.15, -0.1) is 0 Å². The third-order valence-electron chi connectivity index (χ3n) is 3.03. The number of nitro groups is 1. The van der Waals surface area contributed by atoms with E-state index in [2.05, 4.69) is 31.8 Å². The Bertz CT molecular complexity index is 821. The fourth-order valence-electron chi connectivity index (χ4n) is 1.80. The van der Waals surface area contributed by atoms with Crippen LogP contribution in [0, 0.1) is 10.1 Å². The Morgan fingerprint density at radius 3 is 2.48 bits per heavy atom. The molecule has 0 aliphatic carbocycles. The van der Waals surface area contributed by atoms with Gasteiger partial charge in [0.1, 0.15) is 0 Å². The van der Waals surface area contributed by atoms with Gasteiger partial charge in [0.25, 0.3) is 17.5 Å². The molecule has 25 heavy (non-hydrogen) atoms. The molecule has 0 heterocycles. The lowest BCUT2D eigenvalue weighted by molar-refractivity contribution is -0.384. The van der Waals surface area contributed by atoms with Crippen LogP contribution in [0.1, 0.15) is 15.9 Å². The van der Waals surface area contributed by atoms with E-state index >= 15 is 0 Å². The van der Waals surface area contributed by atoms with Crippen LogP contribution in [0.3, 0.4) is 0 Å². The van der Waals surface area contributed by atoms with Crippen molar-refractivity contribution in [1.29, 1.82) is 0 Å². The van der Waals surface area contributed by atoms with Crippen LogP contribution in [0.4, 0.5) is 5.69 Å². The van der Waals surface area contributed by atoms with Gasteiger partial charge < -0.3 is 5.32 Å². The van der Waals surface area contributed by atoms with E-state index < -0.39 is 10.8 Å². The Hall–Kier alpha value is -3.07. The second-order valence-corrected chi connectivity index (χ2v) is 5.66. The topological polar surface area (TPSA) is 114 Å². The lowest BCUT2D eigenvalue weighted by Gasteiger charge is -2.05. The number of hydrazone groups is 1. The molecular weight excluding hydrogens is 392 g/mol. The molecule has 0 saturated carbocycles. The number of amides is 2. The molecule has 0 aliphatic heterocycles. The minimum Gasteiger partial charge on any atom is -0.343 e. The van der Waals surface area contributed by atoms with Crippen molar-refractivity contribution in [3.8, 4) is 0 Å². The average Bonchev–Trinajstić information content (AvgIpc) is 2.60. The number of benzene rings is 2. The Morgan fingerprint density at radius 2 is 1.84 bits per heavy atom. The van der Waals surface area contributed by atoms with Crippen LogP contribution in [0.2, 0.25) is 0 Å². The highest BCUT2D eigenvalue weighted by atomic mass is 79.9. The van der Waals surface area contributed by atoms with Crippen LogP contribution >= 0.6 is 15.9 Å². The molecule has 0 aliphatic rings. The predicted molar refractivity (Wildman–Crippen MR) is 95.3 cm³/mol. The largest absolute Gasteiger partial charge is 0.343 e. The molecule has 0 saturated heterocycles. The first kappa shape index (κ1) is 18.3. The molecule has 0 aromatic heterocycles. The van der Waals surface area contributed by atoms with Crippen molar-refractivity contribution < 1.29 is 14.5 Å². The van der Waals surface area contributed by atoms with Crippen LogP contribution in [-0.2, 0) is 4.79 Å². The summed E-state index contributed by atoms with van der Waals surface area (Å²) in [5.41, 5.74) is 3.24. The van der Waals surface area contributed by atoms with Gasteiger partial charge in [0, 0.05) is 16.6 Å². The molecule has 0 spiro atoms. The van der Waals surface area contributed by atoms with Gasteiger partial charge in [-0.25, -0.2) is 5.43 Å². The van der Waals surface area contributed by atoms with E-state index in [0.29, 0.717) is 15.6 Å². The summed E-state index contributed by atoms with van der Waals surface area (Å²) in [7, 11) is 0. The fourth-order valence-corrected chi connectivity index (χ4v) is 2.27. The van der Waals surface area contributed by atoms with Gasteiger partial charge in [0.15, 0.2) is 0 Å². The van der Waals surface area contributed by atoms with E-state index in [1.165, 1.54) is 30.5 Å². The summed E-state index contributed by atoms with van der Waals surface area (Å²) >= 11 is 3.26. The maximum absolute atomic E-state index is 11.9. The van der Waals surface area contributed by atoms with Crippen LogP contribution in [0.15, 0.2) is 58.1 Å². The van der Waals surface area contributed by atoms with Crippen molar-refractivity contribution in [2.75, 3.05) is 6.54 Å². The average molecular weight is 405 g/mol. The minimum atomic E-state index is -0.504. The summed E-state index contributed by atoms with van der Waals surface area (Å²) < 4.78 is 0.629. The van der Waals surface area contributed by atoms with E-state index in [-0.39, 0.29) is 18.1 Å². The number of nitro benzene ring substituents is 1. The summed E-state index contributed by atoms with van der Waals surface area (Å²) in [5.74, 6) is -0.888. The zero-order chi connectivity index (χ0) is 18.2. The predicted octanol–water partition coefficient (Wildman–Crippen LogP) is 2.24. The number of carbonyl (C=O) groups is 2. The Morgan fingerprint density at radius 1 is 1.16 bits per heavy atom. The maximum atomic E-state index is 11.9. The van der Waals surface area contributed by atoms with Gasteiger partial charge in [0.2, 0.25) is 0 Å². The van der Waals surface area contributed by atoms with Crippen molar-refractivity contribution in [2.24, 2.45) is 5.10 Å². The number of halogens is 1. The second-order valence-electron chi connectivity index (χ2n) is 4.80. The number of carbonyl (C=O) groups excluding carboxylic acids is 2. The molecule has 8 nitrogen and oxygen atoms in total. The fraction of sp³-hybridized carbons (Fsp3) is 0.0625.